The topological polar surface area (TPSA) is 70.7 Å². The van der Waals surface area contributed by atoms with Crippen molar-refractivity contribution in [2.24, 2.45) is 11.8 Å². The van der Waals surface area contributed by atoms with Crippen LogP contribution in [0.25, 0.3) is 16.2 Å². The van der Waals surface area contributed by atoms with E-state index in [-0.39, 0.29) is 5.92 Å². The predicted molar refractivity (Wildman–Crippen MR) is 98.4 cm³/mol. The molecule has 1 aliphatic heterocycles. The van der Waals surface area contributed by atoms with Gasteiger partial charge in [-0.15, -0.1) is 5.10 Å². The summed E-state index contributed by atoms with van der Waals surface area (Å²) in [6, 6.07) is 7.54. The first-order valence-electron chi connectivity index (χ1n) is 8.09. The van der Waals surface area contributed by atoms with E-state index in [1.807, 2.05) is 30.5 Å². The van der Waals surface area contributed by atoms with Gasteiger partial charge in [0.15, 0.2) is 0 Å². The number of aromatic nitrogens is 3. The van der Waals surface area contributed by atoms with Crippen LogP contribution in [-0.2, 0) is 4.79 Å². The molecule has 130 valence electrons. The fraction of sp³-hybridized carbons (Fsp3) is 0.353. The lowest BCUT2D eigenvalue weighted by Crippen LogP contribution is -2.42. The monoisotopic (exact) mass is 376 g/mol. The largest absolute Gasteiger partial charge is 0.481 e. The predicted octanol–water partition coefficient (Wildman–Crippen LogP) is 3.66. The lowest BCUT2D eigenvalue weighted by atomic mass is 9.91. The maximum Gasteiger partial charge on any atom is 0.308 e. The Morgan fingerprint density at radius 2 is 2.08 bits per heavy atom. The highest BCUT2D eigenvalue weighted by Crippen LogP contribution is 2.31. The summed E-state index contributed by atoms with van der Waals surface area (Å²) >= 11 is 7.41. The summed E-state index contributed by atoms with van der Waals surface area (Å²) in [4.78, 5) is 18.8. The first-order chi connectivity index (χ1) is 12.0. The third kappa shape index (κ3) is 3.21. The minimum absolute atomic E-state index is 0.329. The number of carboxylic acids is 1. The van der Waals surface area contributed by atoms with Crippen LogP contribution in [0.5, 0.6) is 0 Å². The summed E-state index contributed by atoms with van der Waals surface area (Å²) in [6.07, 6.45) is 2.61. The molecule has 3 heterocycles. The van der Waals surface area contributed by atoms with Crippen LogP contribution in [0.3, 0.4) is 0 Å². The Kier molecular flexibility index (Phi) is 4.13. The molecule has 0 bridgehead atoms. The molecule has 6 nitrogen and oxygen atoms in total. The van der Waals surface area contributed by atoms with Crippen molar-refractivity contribution < 1.29 is 9.90 Å². The van der Waals surface area contributed by atoms with Gasteiger partial charge in [0.2, 0.25) is 10.1 Å². The molecule has 8 heteroatoms. The highest BCUT2D eigenvalue weighted by atomic mass is 35.5. The summed E-state index contributed by atoms with van der Waals surface area (Å²) in [6.45, 7) is 3.41. The number of carbonyl (C=O) groups is 1. The van der Waals surface area contributed by atoms with E-state index < -0.39 is 5.97 Å². The highest BCUT2D eigenvalue weighted by Gasteiger charge is 2.31. The lowest BCUT2D eigenvalue weighted by molar-refractivity contribution is -0.142. The Hall–Kier alpha value is -2.12. The number of aliphatic carboxylic acids is 1. The van der Waals surface area contributed by atoms with Gasteiger partial charge in [-0.25, -0.2) is 9.50 Å². The van der Waals surface area contributed by atoms with Crippen molar-refractivity contribution in [2.75, 3.05) is 18.0 Å². The van der Waals surface area contributed by atoms with Gasteiger partial charge in [0, 0.05) is 23.7 Å². The van der Waals surface area contributed by atoms with Crippen molar-refractivity contribution >= 4 is 39.0 Å². The number of rotatable bonds is 3. The van der Waals surface area contributed by atoms with Crippen LogP contribution in [0.15, 0.2) is 30.5 Å². The molecule has 0 radical (unpaired) electrons. The number of hydrogen-bond donors (Lipinski definition) is 1. The van der Waals surface area contributed by atoms with E-state index in [1.165, 1.54) is 11.3 Å². The second-order valence-electron chi connectivity index (χ2n) is 6.53. The van der Waals surface area contributed by atoms with Gasteiger partial charge < -0.3 is 10.0 Å². The van der Waals surface area contributed by atoms with E-state index in [9.17, 15) is 9.90 Å². The van der Waals surface area contributed by atoms with Crippen molar-refractivity contribution in [3.05, 3.63) is 35.5 Å². The Morgan fingerprint density at radius 1 is 1.32 bits per heavy atom. The van der Waals surface area contributed by atoms with Crippen LogP contribution in [0.2, 0.25) is 5.02 Å². The maximum absolute atomic E-state index is 11.4. The minimum Gasteiger partial charge on any atom is -0.481 e. The standard InChI is InChI=1S/C17H17ClN4O2S/c1-10-6-12(15(23)24)8-21(7-10)17-20-22-9-14(19-16(22)25-17)11-2-4-13(18)5-3-11/h2-5,9-10,12H,6-8H2,1H3,(H,23,24). The zero-order valence-electron chi connectivity index (χ0n) is 13.6. The summed E-state index contributed by atoms with van der Waals surface area (Å²) in [5.74, 6) is -0.747. The number of hydrogen-bond acceptors (Lipinski definition) is 5. The van der Waals surface area contributed by atoms with Crippen LogP contribution in [0.1, 0.15) is 13.3 Å². The zero-order chi connectivity index (χ0) is 17.6. The number of fused-ring (bicyclic) bond motifs is 1. The van der Waals surface area contributed by atoms with E-state index in [0.29, 0.717) is 17.5 Å². The van der Waals surface area contributed by atoms with Crippen molar-refractivity contribution in [1.29, 1.82) is 0 Å². The molecule has 1 fully saturated rings. The van der Waals surface area contributed by atoms with E-state index in [2.05, 4.69) is 21.9 Å². The van der Waals surface area contributed by atoms with Crippen molar-refractivity contribution in [3.8, 4) is 11.3 Å². The van der Waals surface area contributed by atoms with Gasteiger partial charge in [-0.2, -0.15) is 0 Å². The molecule has 25 heavy (non-hydrogen) atoms. The van der Waals surface area contributed by atoms with E-state index in [4.69, 9.17) is 11.6 Å². The summed E-state index contributed by atoms with van der Waals surface area (Å²) in [7, 11) is 0. The Morgan fingerprint density at radius 3 is 2.76 bits per heavy atom. The highest BCUT2D eigenvalue weighted by molar-refractivity contribution is 7.20. The molecule has 2 atom stereocenters. The lowest BCUT2D eigenvalue weighted by Gasteiger charge is -2.34. The second kappa shape index (κ2) is 6.31. The number of anilines is 1. The van der Waals surface area contributed by atoms with Gasteiger partial charge in [0.1, 0.15) is 0 Å². The van der Waals surface area contributed by atoms with Crippen LogP contribution in [0.4, 0.5) is 5.13 Å². The molecule has 2 aromatic heterocycles. The van der Waals surface area contributed by atoms with Crippen molar-refractivity contribution in [2.45, 2.75) is 13.3 Å². The first kappa shape index (κ1) is 16.4. The number of nitrogens with zero attached hydrogens (tertiary/aromatic N) is 4. The SMILES string of the molecule is CC1CC(C(=O)O)CN(c2nn3cc(-c4ccc(Cl)cc4)nc3s2)C1. The molecule has 0 spiro atoms. The number of halogens is 1. The summed E-state index contributed by atoms with van der Waals surface area (Å²) in [5, 5.41) is 15.5. The summed E-state index contributed by atoms with van der Waals surface area (Å²) in [5.41, 5.74) is 1.83. The van der Waals surface area contributed by atoms with Crippen LogP contribution >= 0.6 is 22.9 Å². The Labute approximate surface area is 153 Å². The van der Waals surface area contributed by atoms with Gasteiger partial charge >= 0.3 is 5.97 Å². The van der Waals surface area contributed by atoms with Gasteiger partial charge in [-0.3, -0.25) is 4.79 Å². The molecule has 1 N–H and O–H groups in total. The second-order valence-corrected chi connectivity index (χ2v) is 7.90. The molecule has 3 aromatic rings. The molecule has 0 saturated carbocycles. The molecule has 1 aromatic carbocycles. The Balaban J connectivity index is 1.61. The average molecular weight is 377 g/mol. The zero-order valence-corrected chi connectivity index (χ0v) is 15.2. The smallest absolute Gasteiger partial charge is 0.308 e. The van der Waals surface area contributed by atoms with E-state index in [0.717, 1.165) is 34.3 Å². The van der Waals surface area contributed by atoms with Crippen LogP contribution < -0.4 is 4.90 Å². The number of benzene rings is 1. The van der Waals surface area contributed by atoms with Crippen LogP contribution in [0, 0.1) is 11.8 Å². The first-order valence-corrected chi connectivity index (χ1v) is 9.29. The van der Waals surface area contributed by atoms with E-state index in [1.54, 1.807) is 4.52 Å². The van der Waals surface area contributed by atoms with Gasteiger partial charge in [-0.1, -0.05) is 42.0 Å². The van der Waals surface area contributed by atoms with Gasteiger partial charge in [-0.05, 0) is 24.5 Å². The molecular weight excluding hydrogens is 360 g/mol. The normalized spacial score (nSPS) is 21.0. The molecule has 4 rings (SSSR count). The Bertz CT molecular complexity index is 889. The molecule has 0 aliphatic carbocycles. The molecule has 0 amide bonds. The average Bonchev–Trinajstić information content (AvgIpc) is 3.14. The van der Waals surface area contributed by atoms with Crippen molar-refractivity contribution in [1.82, 2.24) is 14.6 Å². The molecular formula is C17H17ClN4O2S. The van der Waals surface area contributed by atoms with Gasteiger partial charge in [0.05, 0.1) is 17.8 Å². The number of carboxylic acid groups (broad SMARTS) is 1. The fourth-order valence-electron chi connectivity index (χ4n) is 3.26. The minimum atomic E-state index is -0.733. The van der Waals surface area contributed by atoms with Gasteiger partial charge in [0.25, 0.3) is 0 Å². The third-order valence-corrected chi connectivity index (χ3v) is 5.69. The maximum atomic E-state index is 11.4. The summed E-state index contributed by atoms with van der Waals surface area (Å²) < 4.78 is 1.76. The van der Waals surface area contributed by atoms with Crippen molar-refractivity contribution in [3.63, 3.8) is 0 Å². The molecule has 2 unspecified atom stereocenters. The number of imidazole rings is 1. The molecule has 1 saturated heterocycles. The molecule has 1 aliphatic rings. The quantitative estimate of drug-likeness (QED) is 0.755. The third-order valence-electron chi connectivity index (χ3n) is 4.45. The fourth-order valence-corrected chi connectivity index (χ4v) is 4.29. The number of piperidine rings is 1. The van der Waals surface area contributed by atoms with Crippen LogP contribution in [-0.4, -0.2) is 38.8 Å². The van der Waals surface area contributed by atoms with E-state index >= 15 is 0 Å².